The molecular formula is C13H10N2O3. The number of nitrogens with two attached hydrogens (primary N) is 1. The molecule has 0 spiro atoms. The monoisotopic (exact) mass is 242 g/mol. The molecule has 5 heteroatoms. The molecule has 90 valence electrons. The Bertz CT molecular complexity index is 579. The highest BCUT2D eigenvalue weighted by molar-refractivity contribution is 5.95. The van der Waals surface area contributed by atoms with Gasteiger partial charge in [0.1, 0.15) is 17.6 Å². The lowest BCUT2D eigenvalue weighted by Crippen LogP contribution is -2.12. The summed E-state index contributed by atoms with van der Waals surface area (Å²) in [7, 11) is 0. The topological polar surface area (TPSA) is 82.3 Å². The van der Waals surface area contributed by atoms with Gasteiger partial charge < -0.3 is 10.5 Å². The molecule has 0 aliphatic heterocycles. The number of nitrogens with zero attached hydrogens (tertiary/aromatic N) is 1. The minimum absolute atomic E-state index is 0.142. The molecule has 0 radical (unpaired) electrons. The maximum absolute atomic E-state index is 11.2. The van der Waals surface area contributed by atoms with E-state index in [2.05, 4.69) is 4.98 Å². The van der Waals surface area contributed by atoms with E-state index in [1.54, 1.807) is 30.3 Å². The number of rotatable bonds is 4. The molecule has 2 N–H and O–H groups in total. The summed E-state index contributed by atoms with van der Waals surface area (Å²) in [6.45, 7) is 0. The Morgan fingerprint density at radius 1 is 1.22 bits per heavy atom. The summed E-state index contributed by atoms with van der Waals surface area (Å²) < 4.78 is 5.44. The SMILES string of the molecule is NC(=O)c1cccnc1Oc1ccc(C=O)cc1. The summed E-state index contributed by atoms with van der Waals surface area (Å²) in [5, 5.41) is 0. The van der Waals surface area contributed by atoms with Crippen molar-refractivity contribution in [3.63, 3.8) is 0 Å². The van der Waals surface area contributed by atoms with Gasteiger partial charge in [0.2, 0.25) is 5.88 Å². The van der Waals surface area contributed by atoms with Crippen LogP contribution >= 0.6 is 0 Å². The highest BCUT2D eigenvalue weighted by atomic mass is 16.5. The molecule has 5 nitrogen and oxygen atoms in total. The summed E-state index contributed by atoms with van der Waals surface area (Å²) in [4.78, 5) is 25.6. The summed E-state index contributed by atoms with van der Waals surface area (Å²) in [6.07, 6.45) is 2.24. The maximum Gasteiger partial charge on any atom is 0.254 e. The standard InChI is InChI=1S/C13H10N2O3/c14-12(17)11-2-1-7-15-13(11)18-10-5-3-9(8-16)4-6-10/h1-8H,(H2,14,17). The van der Waals surface area contributed by atoms with Crippen LogP contribution in [-0.2, 0) is 0 Å². The Morgan fingerprint density at radius 3 is 2.56 bits per heavy atom. The molecule has 0 bridgehead atoms. The Morgan fingerprint density at radius 2 is 1.94 bits per heavy atom. The fourth-order valence-corrected chi connectivity index (χ4v) is 1.39. The quantitative estimate of drug-likeness (QED) is 0.828. The number of aldehydes is 1. The second kappa shape index (κ2) is 5.09. The number of carbonyl (C=O) groups is 2. The van der Waals surface area contributed by atoms with Gasteiger partial charge in [0, 0.05) is 11.8 Å². The van der Waals surface area contributed by atoms with E-state index >= 15 is 0 Å². The Kier molecular flexibility index (Phi) is 3.33. The van der Waals surface area contributed by atoms with Crippen molar-refractivity contribution >= 4 is 12.2 Å². The van der Waals surface area contributed by atoms with Crippen molar-refractivity contribution in [3.8, 4) is 11.6 Å². The molecule has 1 aromatic heterocycles. The first kappa shape index (κ1) is 11.8. The first-order chi connectivity index (χ1) is 8.70. The summed E-state index contributed by atoms with van der Waals surface area (Å²) in [5.74, 6) is 0.00765. The molecule has 0 fully saturated rings. The molecule has 0 saturated heterocycles. The van der Waals surface area contributed by atoms with Gasteiger partial charge in [-0.3, -0.25) is 9.59 Å². The van der Waals surface area contributed by atoms with E-state index in [0.29, 0.717) is 11.3 Å². The number of aromatic nitrogens is 1. The van der Waals surface area contributed by atoms with Crippen LogP contribution in [0.25, 0.3) is 0 Å². The molecule has 1 aromatic carbocycles. The minimum atomic E-state index is -0.609. The van der Waals surface area contributed by atoms with E-state index in [-0.39, 0.29) is 11.4 Å². The lowest BCUT2D eigenvalue weighted by molar-refractivity contribution is 0.0997. The van der Waals surface area contributed by atoms with Crippen LogP contribution in [-0.4, -0.2) is 17.2 Å². The van der Waals surface area contributed by atoms with E-state index in [4.69, 9.17) is 10.5 Å². The molecule has 0 aliphatic rings. The van der Waals surface area contributed by atoms with Crippen molar-refractivity contribution in [1.82, 2.24) is 4.98 Å². The van der Waals surface area contributed by atoms with Crippen molar-refractivity contribution < 1.29 is 14.3 Å². The average Bonchev–Trinajstić information content (AvgIpc) is 2.40. The summed E-state index contributed by atoms with van der Waals surface area (Å²) >= 11 is 0. The number of ether oxygens (including phenoxy) is 1. The fraction of sp³-hybridized carbons (Fsp3) is 0. The van der Waals surface area contributed by atoms with Crippen LogP contribution in [0.2, 0.25) is 0 Å². The Labute approximate surface area is 103 Å². The smallest absolute Gasteiger partial charge is 0.254 e. The molecule has 2 rings (SSSR count). The first-order valence-electron chi connectivity index (χ1n) is 5.18. The molecule has 0 aliphatic carbocycles. The largest absolute Gasteiger partial charge is 0.438 e. The number of carbonyl (C=O) groups excluding carboxylic acids is 2. The summed E-state index contributed by atoms with van der Waals surface area (Å²) in [5.41, 5.74) is 5.95. The van der Waals surface area contributed by atoms with Gasteiger partial charge in [0.15, 0.2) is 0 Å². The van der Waals surface area contributed by atoms with Crippen LogP contribution < -0.4 is 10.5 Å². The molecule has 0 unspecified atom stereocenters. The lowest BCUT2D eigenvalue weighted by atomic mass is 10.2. The zero-order chi connectivity index (χ0) is 13.0. The van der Waals surface area contributed by atoms with Gasteiger partial charge in [-0.05, 0) is 36.4 Å². The van der Waals surface area contributed by atoms with Gasteiger partial charge in [0.05, 0.1) is 0 Å². The number of hydrogen-bond donors (Lipinski definition) is 1. The van der Waals surface area contributed by atoms with Gasteiger partial charge >= 0.3 is 0 Å². The van der Waals surface area contributed by atoms with Crippen LogP contribution in [0.1, 0.15) is 20.7 Å². The van der Waals surface area contributed by atoms with Gasteiger partial charge in [-0.15, -0.1) is 0 Å². The zero-order valence-corrected chi connectivity index (χ0v) is 9.37. The Hall–Kier alpha value is -2.69. The predicted octanol–water partition coefficient (Wildman–Crippen LogP) is 1.79. The van der Waals surface area contributed by atoms with Crippen molar-refractivity contribution in [2.45, 2.75) is 0 Å². The summed E-state index contributed by atoms with van der Waals surface area (Å²) in [6, 6.07) is 9.57. The van der Waals surface area contributed by atoms with Crippen molar-refractivity contribution in [1.29, 1.82) is 0 Å². The molecular weight excluding hydrogens is 232 g/mol. The normalized spacial score (nSPS) is 9.78. The molecule has 0 atom stereocenters. The molecule has 0 saturated carbocycles. The van der Waals surface area contributed by atoms with Crippen molar-refractivity contribution in [3.05, 3.63) is 53.7 Å². The van der Waals surface area contributed by atoms with Gasteiger partial charge in [-0.25, -0.2) is 4.98 Å². The van der Waals surface area contributed by atoms with Crippen molar-refractivity contribution in [2.24, 2.45) is 5.73 Å². The number of primary amides is 1. The molecule has 1 heterocycles. The number of amides is 1. The predicted molar refractivity (Wildman–Crippen MR) is 64.7 cm³/mol. The highest BCUT2D eigenvalue weighted by Crippen LogP contribution is 2.22. The third kappa shape index (κ3) is 2.52. The molecule has 18 heavy (non-hydrogen) atoms. The van der Waals surface area contributed by atoms with Crippen LogP contribution in [0.4, 0.5) is 0 Å². The first-order valence-corrected chi connectivity index (χ1v) is 5.18. The third-order valence-corrected chi connectivity index (χ3v) is 2.27. The third-order valence-electron chi connectivity index (χ3n) is 2.27. The van der Waals surface area contributed by atoms with E-state index in [1.165, 1.54) is 12.3 Å². The number of benzene rings is 1. The lowest BCUT2D eigenvalue weighted by Gasteiger charge is -2.07. The van der Waals surface area contributed by atoms with E-state index in [1.807, 2.05) is 0 Å². The molecule has 1 amide bonds. The average molecular weight is 242 g/mol. The second-order valence-corrected chi connectivity index (χ2v) is 3.51. The van der Waals surface area contributed by atoms with E-state index in [0.717, 1.165) is 6.29 Å². The second-order valence-electron chi connectivity index (χ2n) is 3.51. The number of pyridine rings is 1. The fourth-order valence-electron chi connectivity index (χ4n) is 1.39. The van der Waals surface area contributed by atoms with Crippen LogP contribution in [0, 0.1) is 0 Å². The van der Waals surface area contributed by atoms with Crippen LogP contribution in [0.15, 0.2) is 42.6 Å². The van der Waals surface area contributed by atoms with E-state index in [9.17, 15) is 9.59 Å². The van der Waals surface area contributed by atoms with Crippen LogP contribution in [0.3, 0.4) is 0 Å². The Balaban J connectivity index is 2.28. The highest BCUT2D eigenvalue weighted by Gasteiger charge is 2.10. The number of hydrogen-bond acceptors (Lipinski definition) is 4. The maximum atomic E-state index is 11.2. The van der Waals surface area contributed by atoms with Crippen molar-refractivity contribution in [2.75, 3.05) is 0 Å². The van der Waals surface area contributed by atoms with Gasteiger partial charge in [-0.2, -0.15) is 0 Å². The van der Waals surface area contributed by atoms with Crippen LogP contribution in [0.5, 0.6) is 11.6 Å². The van der Waals surface area contributed by atoms with Gasteiger partial charge in [0.25, 0.3) is 5.91 Å². The molecule has 2 aromatic rings. The zero-order valence-electron chi connectivity index (χ0n) is 9.37. The minimum Gasteiger partial charge on any atom is -0.438 e. The van der Waals surface area contributed by atoms with E-state index < -0.39 is 5.91 Å². The van der Waals surface area contributed by atoms with Gasteiger partial charge in [-0.1, -0.05) is 0 Å².